The molecule has 1 aromatic carbocycles. The third kappa shape index (κ3) is 8.42. The minimum absolute atomic E-state index is 0.00606. The van der Waals surface area contributed by atoms with Crippen LogP contribution in [0.5, 0.6) is 23.0 Å². The van der Waals surface area contributed by atoms with Crippen LogP contribution in [0.2, 0.25) is 0 Å². The van der Waals surface area contributed by atoms with Crippen molar-refractivity contribution in [1.29, 1.82) is 0 Å². The van der Waals surface area contributed by atoms with E-state index in [1.54, 1.807) is 6.07 Å². The first kappa shape index (κ1) is 24.9. The zero-order valence-corrected chi connectivity index (χ0v) is 18.6. The van der Waals surface area contributed by atoms with Gasteiger partial charge in [0.1, 0.15) is 11.3 Å². The number of ether oxygens (including phenoxy) is 4. The SMILES string of the molecule is CCCCOc1cc(OCCCC)c(C(=O)O)c(OCCCC)c1OCCCC. The van der Waals surface area contributed by atoms with Gasteiger partial charge in [-0.1, -0.05) is 53.4 Å². The van der Waals surface area contributed by atoms with Gasteiger partial charge in [-0.15, -0.1) is 0 Å². The average Bonchev–Trinajstić information content (AvgIpc) is 2.70. The fourth-order valence-electron chi connectivity index (χ4n) is 2.58. The molecule has 0 aliphatic rings. The first-order valence-corrected chi connectivity index (χ1v) is 11.1. The molecule has 0 aliphatic heterocycles. The molecule has 1 rings (SSSR count). The van der Waals surface area contributed by atoms with E-state index in [0.717, 1.165) is 51.4 Å². The van der Waals surface area contributed by atoms with E-state index < -0.39 is 5.97 Å². The van der Waals surface area contributed by atoms with Gasteiger partial charge in [-0.05, 0) is 25.7 Å². The van der Waals surface area contributed by atoms with Crippen LogP contribution in [0.4, 0.5) is 0 Å². The van der Waals surface area contributed by atoms with Gasteiger partial charge in [0.05, 0.1) is 26.4 Å². The molecule has 6 nitrogen and oxygen atoms in total. The van der Waals surface area contributed by atoms with Crippen LogP contribution in [-0.2, 0) is 0 Å². The maximum Gasteiger partial charge on any atom is 0.343 e. The monoisotopic (exact) mass is 410 g/mol. The van der Waals surface area contributed by atoms with Crippen LogP contribution in [0.3, 0.4) is 0 Å². The molecule has 0 aliphatic carbocycles. The molecule has 0 bridgehead atoms. The van der Waals surface area contributed by atoms with Gasteiger partial charge in [0, 0.05) is 6.07 Å². The van der Waals surface area contributed by atoms with Crippen LogP contribution in [0.25, 0.3) is 0 Å². The van der Waals surface area contributed by atoms with Crippen LogP contribution in [-0.4, -0.2) is 37.5 Å². The number of carboxylic acid groups (broad SMARTS) is 1. The summed E-state index contributed by atoms with van der Waals surface area (Å²) in [7, 11) is 0. The van der Waals surface area contributed by atoms with Gasteiger partial charge in [0.2, 0.25) is 5.75 Å². The Labute approximate surface area is 175 Å². The molecule has 0 amide bonds. The summed E-state index contributed by atoms with van der Waals surface area (Å²) < 4.78 is 23.7. The summed E-state index contributed by atoms with van der Waals surface area (Å²) >= 11 is 0. The molecule has 0 heterocycles. The van der Waals surface area contributed by atoms with Crippen molar-refractivity contribution in [2.24, 2.45) is 0 Å². The Morgan fingerprint density at radius 1 is 0.690 bits per heavy atom. The van der Waals surface area contributed by atoms with Crippen molar-refractivity contribution in [3.8, 4) is 23.0 Å². The van der Waals surface area contributed by atoms with Gasteiger partial charge in [0.15, 0.2) is 11.5 Å². The lowest BCUT2D eigenvalue weighted by atomic mass is 10.1. The standard InChI is InChI=1S/C23H38O6/c1-5-9-13-26-18-17-19(27-14-10-6-2)21(28-15-11-7-3)22(20(18)23(24)25)29-16-12-8-4/h17H,5-16H2,1-4H3,(H,24,25). The van der Waals surface area contributed by atoms with Crippen LogP contribution < -0.4 is 18.9 Å². The first-order chi connectivity index (χ1) is 14.1. The smallest absolute Gasteiger partial charge is 0.343 e. The normalized spacial score (nSPS) is 10.6. The highest BCUT2D eigenvalue weighted by atomic mass is 16.5. The Hall–Kier alpha value is -2.11. The number of carboxylic acids is 1. The zero-order chi connectivity index (χ0) is 21.5. The molecule has 0 fully saturated rings. The van der Waals surface area contributed by atoms with E-state index in [1.807, 2.05) is 0 Å². The Morgan fingerprint density at radius 3 is 1.55 bits per heavy atom. The van der Waals surface area contributed by atoms with E-state index in [-0.39, 0.29) is 17.1 Å². The summed E-state index contributed by atoms with van der Waals surface area (Å²) in [5.74, 6) is 0.237. The molecule has 0 radical (unpaired) electrons. The summed E-state index contributed by atoms with van der Waals surface area (Å²) in [6.07, 6.45) is 7.29. The van der Waals surface area contributed by atoms with E-state index in [1.165, 1.54) is 0 Å². The highest BCUT2D eigenvalue weighted by molar-refractivity contribution is 5.96. The molecule has 0 unspecified atom stereocenters. The van der Waals surface area contributed by atoms with E-state index in [9.17, 15) is 9.90 Å². The molecule has 1 aromatic rings. The molecule has 0 saturated carbocycles. The third-order valence-corrected chi connectivity index (χ3v) is 4.38. The Bertz CT molecular complexity index is 600. The predicted molar refractivity (Wildman–Crippen MR) is 115 cm³/mol. The zero-order valence-electron chi connectivity index (χ0n) is 18.6. The van der Waals surface area contributed by atoms with E-state index in [4.69, 9.17) is 18.9 Å². The second-order valence-electron chi connectivity index (χ2n) is 7.02. The van der Waals surface area contributed by atoms with Crippen molar-refractivity contribution in [2.75, 3.05) is 26.4 Å². The maximum absolute atomic E-state index is 12.1. The molecule has 0 spiro atoms. The fraction of sp³-hybridized carbons (Fsp3) is 0.696. The number of hydrogen-bond donors (Lipinski definition) is 1. The molecule has 6 heteroatoms. The summed E-state index contributed by atoms with van der Waals surface area (Å²) in [5, 5.41) is 9.90. The van der Waals surface area contributed by atoms with Gasteiger partial charge in [-0.2, -0.15) is 0 Å². The Morgan fingerprint density at radius 2 is 1.10 bits per heavy atom. The summed E-state index contributed by atoms with van der Waals surface area (Å²) in [6, 6.07) is 1.64. The van der Waals surface area contributed by atoms with Crippen LogP contribution in [0, 0.1) is 0 Å². The molecule has 1 N–H and O–H groups in total. The predicted octanol–water partition coefficient (Wildman–Crippen LogP) is 6.10. The fourth-order valence-corrected chi connectivity index (χ4v) is 2.58. The van der Waals surface area contributed by atoms with Crippen LogP contribution in [0.15, 0.2) is 6.07 Å². The number of benzene rings is 1. The number of carbonyl (C=O) groups is 1. The summed E-state index contributed by atoms with van der Waals surface area (Å²) in [4.78, 5) is 12.1. The number of aromatic carboxylic acids is 1. The van der Waals surface area contributed by atoms with Crippen molar-refractivity contribution in [3.05, 3.63) is 11.6 Å². The van der Waals surface area contributed by atoms with Crippen LogP contribution >= 0.6 is 0 Å². The lowest BCUT2D eigenvalue weighted by molar-refractivity contribution is 0.0685. The Kier molecular flexibility index (Phi) is 12.7. The largest absolute Gasteiger partial charge is 0.492 e. The van der Waals surface area contributed by atoms with E-state index in [0.29, 0.717) is 37.9 Å². The molecule has 0 aromatic heterocycles. The summed E-state index contributed by atoms with van der Waals surface area (Å²) in [5.41, 5.74) is 0.00606. The second kappa shape index (κ2) is 14.8. The average molecular weight is 411 g/mol. The number of unbranched alkanes of at least 4 members (excludes halogenated alkanes) is 4. The van der Waals surface area contributed by atoms with E-state index in [2.05, 4.69) is 27.7 Å². The molecule has 29 heavy (non-hydrogen) atoms. The minimum Gasteiger partial charge on any atom is -0.492 e. The van der Waals surface area contributed by atoms with Crippen molar-refractivity contribution in [2.45, 2.75) is 79.1 Å². The topological polar surface area (TPSA) is 74.2 Å². The lowest BCUT2D eigenvalue weighted by Crippen LogP contribution is -2.12. The van der Waals surface area contributed by atoms with Crippen molar-refractivity contribution < 1.29 is 28.8 Å². The second-order valence-corrected chi connectivity index (χ2v) is 7.02. The lowest BCUT2D eigenvalue weighted by Gasteiger charge is -2.21. The van der Waals surface area contributed by atoms with Crippen molar-refractivity contribution in [1.82, 2.24) is 0 Å². The van der Waals surface area contributed by atoms with Gasteiger partial charge >= 0.3 is 5.97 Å². The highest BCUT2D eigenvalue weighted by Crippen LogP contribution is 2.46. The van der Waals surface area contributed by atoms with E-state index >= 15 is 0 Å². The Balaban J connectivity index is 3.40. The quantitative estimate of drug-likeness (QED) is 0.313. The van der Waals surface area contributed by atoms with Crippen molar-refractivity contribution in [3.63, 3.8) is 0 Å². The first-order valence-electron chi connectivity index (χ1n) is 11.1. The minimum atomic E-state index is -1.09. The summed E-state index contributed by atoms with van der Waals surface area (Å²) in [6.45, 7) is 10.1. The van der Waals surface area contributed by atoms with Gasteiger partial charge in [0.25, 0.3) is 0 Å². The molecular formula is C23H38O6. The third-order valence-electron chi connectivity index (χ3n) is 4.38. The van der Waals surface area contributed by atoms with Gasteiger partial charge < -0.3 is 24.1 Å². The highest BCUT2D eigenvalue weighted by Gasteiger charge is 2.27. The number of rotatable bonds is 17. The molecular weight excluding hydrogens is 372 g/mol. The molecule has 166 valence electrons. The number of hydrogen-bond acceptors (Lipinski definition) is 5. The van der Waals surface area contributed by atoms with Gasteiger partial charge in [-0.25, -0.2) is 4.79 Å². The molecule has 0 saturated heterocycles. The van der Waals surface area contributed by atoms with Crippen LogP contribution in [0.1, 0.15) is 89.4 Å². The van der Waals surface area contributed by atoms with Crippen molar-refractivity contribution >= 4 is 5.97 Å². The maximum atomic E-state index is 12.1. The van der Waals surface area contributed by atoms with Gasteiger partial charge in [-0.3, -0.25) is 0 Å². The molecule has 0 atom stereocenters.